The maximum atomic E-state index is 11.5. The summed E-state index contributed by atoms with van der Waals surface area (Å²) in [6, 6.07) is 0. The average molecular weight is 130 g/mol. The first-order chi connectivity index (χ1) is 4.31. The van der Waals surface area contributed by atoms with Gasteiger partial charge < -0.3 is 0 Å². The smallest absolute Gasteiger partial charge is 0.0896 e. The molecule has 2 heteroatoms. The van der Waals surface area contributed by atoms with Crippen molar-refractivity contribution in [2.75, 3.05) is 0 Å². The monoisotopic (exact) mass is 130 g/mol. The summed E-state index contributed by atoms with van der Waals surface area (Å²) in [4.78, 5) is 0. The fourth-order valence-electron chi connectivity index (χ4n) is 0.286. The van der Waals surface area contributed by atoms with Crippen LogP contribution in [0.3, 0.4) is 0 Å². The number of rotatable bonds is 2. The molecule has 0 unspecified atom stereocenters. The average Bonchev–Trinajstić information content (AvgIpc) is 1.89. The van der Waals surface area contributed by atoms with Gasteiger partial charge in [0.15, 0.2) is 0 Å². The van der Waals surface area contributed by atoms with Crippen LogP contribution in [0.2, 0.25) is 0 Å². The molecule has 0 aliphatic heterocycles. The molecule has 0 aliphatic rings. The van der Waals surface area contributed by atoms with Gasteiger partial charge in [-0.3, -0.25) is 0 Å². The zero-order valence-corrected chi connectivity index (χ0v) is 5.14. The van der Waals surface area contributed by atoms with Gasteiger partial charge in [0.1, 0.15) is 0 Å². The van der Waals surface area contributed by atoms with Gasteiger partial charge in [-0.15, -0.1) is 0 Å². The molecule has 0 saturated carbocycles. The van der Waals surface area contributed by atoms with Crippen molar-refractivity contribution < 1.29 is 8.78 Å². The molecule has 0 nitrogen and oxygen atoms in total. The van der Waals surface area contributed by atoms with Crippen molar-refractivity contribution >= 4 is 0 Å². The highest BCUT2D eigenvalue weighted by molar-refractivity contribution is 5.17. The van der Waals surface area contributed by atoms with E-state index in [1.165, 1.54) is 18.2 Å². The first kappa shape index (κ1) is 8.08. The molecule has 0 bridgehead atoms. The van der Waals surface area contributed by atoms with Crippen LogP contribution in [0, 0.1) is 0 Å². The zero-order chi connectivity index (χ0) is 7.11. The standard InChI is InChI=1S/C7H8F2/c1-7(6-9)4-2-3-5-8/h2-6H,1H3/b4-2-,5-3+,7-6+. The molecule has 0 radical (unpaired) electrons. The van der Waals surface area contributed by atoms with Gasteiger partial charge in [0.25, 0.3) is 0 Å². The van der Waals surface area contributed by atoms with Crippen LogP contribution in [0.1, 0.15) is 6.92 Å². The van der Waals surface area contributed by atoms with Crippen LogP contribution in [-0.2, 0) is 0 Å². The second kappa shape index (κ2) is 5.22. The molecule has 0 fully saturated rings. The summed E-state index contributed by atoms with van der Waals surface area (Å²) < 4.78 is 22.7. The molecule has 0 aromatic rings. The summed E-state index contributed by atoms with van der Waals surface area (Å²) in [5.41, 5.74) is 0.466. The molecule has 0 N–H and O–H groups in total. The number of allylic oxidation sites excluding steroid dienone is 4. The van der Waals surface area contributed by atoms with Gasteiger partial charge in [-0.2, -0.15) is 0 Å². The Balaban J connectivity index is 3.71. The highest BCUT2D eigenvalue weighted by Crippen LogP contribution is 1.94. The lowest BCUT2D eigenvalue weighted by Gasteiger charge is -1.80. The van der Waals surface area contributed by atoms with E-state index in [9.17, 15) is 8.78 Å². The maximum Gasteiger partial charge on any atom is 0.0896 e. The van der Waals surface area contributed by atoms with Gasteiger partial charge in [0, 0.05) is 0 Å². The normalized spacial score (nSPS) is 13.9. The Kier molecular flexibility index (Phi) is 4.69. The first-order valence-electron chi connectivity index (χ1n) is 2.51. The molecule has 0 amide bonds. The van der Waals surface area contributed by atoms with Crippen LogP contribution in [0.15, 0.2) is 36.5 Å². The second-order valence-electron chi connectivity index (χ2n) is 1.53. The second-order valence-corrected chi connectivity index (χ2v) is 1.53. The Morgan fingerprint density at radius 3 is 2.33 bits per heavy atom. The Labute approximate surface area is 53.2 Å². The molecule has 0 aliphatic carbocycles. The van der Waals surface area contributed by atoms with E-state index in [-0.39, 0.29) is 0 Å². The third kappa shape index (κ3) is 4.94. The number of halogens is 2. The molecule has 0 rings (SSSR count). The number of hydrogen-bond acceptors (Lipinski definition) is 0. The first-order valence-corrected chi connectivity index (χ1v) is 2.51. The van der Waals surface area contributed by atoms with Gasteiger partial charge in [0.2, 0.25) is 0 Å². The molecule has 0 spiro atoms. The summed E-state index contributed by atoms with van der Waals surface area (Å²) in [6.07, 6.45) is 4.93. The molecular formula is C7H8F2. The van der Waals surface area contributed by atoms with Crippen LogP contribution >= 0.6 is 0 Å². The van der Waals surface area contributed by atoms with Gasteiger partial charge in [-0.1, -0.05) is 12.2 Å². The van der Waals surface area contributed by atoms with E-state index in [1.807, 2.05) is 0 Å². The van der Waals surface area contributed by atoms with E-state index in [0.717, 1.165) is 0 Å². The van der Waals surface area contributed by atoms with Crippen molar-refractivity contribution in [1.82, 2.24) is 0 Å². The largest absolute Gasteiger partial charge is 0.216 e. The van der Waals surface area contributed by atoms with Crippen LogP contribution in [0.5, 0.6) is 0 Å². The lowest BCUT2D eigenvalue weighted by Crippen LogP contribution is -1.60. The van der Waals surface area contributed by atoms with Crippen LogP contribution in [0.4, 0.5) is 8.78 Å². The van der Waals surface area contributed by atoms with Crippen molar-refractivity contribution in [2.45, 2.75) is 6.92 Å². The van der Waals surface area contributed by atoms with E-state index in [0.29, 0.717) is 18.2 Å². The van der Waals surface area contributed by atoms with E-state index in [2.05, 4.69) is 0 Å². The lowest BCUT2D eigenvalue weighted by atomic mass is 10.3. The van der Waals surface area contributed by atoms with Crippen molar-refractivity contribution in [3.8, 4) is 0 Å². The Hall–Kier alpha value is -0.920. The highest BCUT2D eigenvalue weighted by Gasteiger charge is 1.74. The third-order valence-corrected chi connectivity index (χ3v) is 0.715. The molecule has 0 aromatic heterocycles. The topological polar surface area (TPSA) is 0 Å². The van der Waals surface area contributed by atoms with Gasteiger partial charge >= 0.3 is 0 Å². The zero-order valence-electron chi connectivity index (χ0n) is 5.14. The summed E-state index contributed by atoms with van der Waals surface area (Å²) in [5, 5.41) is 0. The summed E-state index contributed by atoms with van der Waals surface area (Å²) >= 11 is 0. The molecule has 50 valence electrons. The van der Waals surface area contributed by atoms with Crippen molar-refractivity contribution in [2.24, 2.45) is 0 Å². The van der Waals surface area contributed by atoms with Crippen LogP contribution < -0.4 is 0 Å². The molecule has 0 aromatic carbocycles. The van der Waals surface area contributed by atoms with Gasteiger partial charge in [-0.25, -0.2) is 8.78 Å². The molecular weight excluding hydrogens is 122 g/mol. The summed E-state index contributed by atoms with van der Waals surface area (Å²) in [6.45, 7) is 1.59. The summed E-state index contributed by atoms with van der Waals surface area (Å²) in [5.74, 6) is 0. The molecule has 0 saturated heterocycles. The fourth-order valence-corrected chi connectivity index (χ4v) is 0.286. The molecule has 0 heterocycles. The van der Waals surface area contributed by atoms with Crippen molar-refractivity contribution in [3.63, 3.8) is 0 Å². The minimum atomic E-state index is 0.391. The van der Waals surface area contributed by atoms with E-state index < -0.39 is 0 Å². The van der Waals surface area contributed by atoms with E-state index >= 15 is 0 Å². The van der Waals surface area contributed by atoms with Crippen molar-refractivity contribution in [3.05, 3.63) is 36.5 Å². The molecule has 9 heavy (non-hydrogen) atoms. The Bertz CT molecular complexity index is 143. The predicted octanol–water partition coefficient (Wildman–Crippen LogP) is 2.90. The lowest BCUT2D eigenvalue weighted by molar-refractivity contribution is 0.713. The van der Waals surface area contributed by atoms with Gasteiger partial charge in [0.05, 0.1) is 12.7 Å². The van der Waals surface area contributed by atoms with Crippen LogP contribution in [-0.4, -0.2) is 0 Å². The number of hydrogen-bond donors (Lipinski definition) is 0. The van der Waals surface area contributed by atoms with Crippen molar-refractivity contribution in [1.29, 1.82) is 0 Å². The third-order valence-electron chi connectivity index (χ3n) is 0.715. The maximum absolute atomic E-state index is 11.5. The predicted molar refractivity (Wildman–Crippen MR) is 34.3 cm³/mol. The van der Waals surface area contributed by atoms with E-state index in [1.54, 1.807) is 6.92 Å². The minimum Gasteiger partial charge on any atom is -0.216 e. The Morgan fingerprint density at radius 2 is 1.89 bits per heavy atom. The highest BCUT2D eigenvalue weighted by atomic mass is 19.1. The minimum absolute atomic E-state index is 0.391. The summed E-state index contributed by atoms with van der Waals surface area (Å²) in [7, 11) is 0. The fraction of sp³-hybridized carbons (Fsp3) is 0.143. The van der Waals surface area contributed by atoms with Crippen LogP contribution in [0.25, 0.3) is 0 Å². The molecule has 0 atom stereocenters. The quantitative estimate of drug-likeness (QED) is 0.504. The Morgan fingerprint density at radius 1 is 1.22 bits per heavy atom. The SMILES string of the molecule is CC(/C=C\C=C\F)=C\F. The van der Waals surface area contributed by atoms with Gasteiger partial charge in [-0.05, 0) is 18.6 Å². The van der Waals surface area contributed by atoms with E-state index in [4.69, 9.17) is 0 Å².